The van der Waals surface area contributed by atoms with E-state index in [-0.39, 0.29) is 11.9 Å². The Bertz CT molecular complexity index is 1110. The lowest BCUT2D eigenvalue weighted by atomic mass is 9.87. The second-order valence-corrected chi connectivity index (χ2v) is 7.56. The van der Waals surface area contributed by atoms with Gasteiger partial charge >= 0.3 is 0 Å². The highest BCUT2D eigenvalue weighted by Crippen LogP contribution is 2.42. The number of fused-ring (bicyclic) bond motifs is 1. The fourth-order valence-electron chi connectivity index (χ4n) is 4.23. The zero-order valence-corrected chi connectivity index (χ0v) is 18.8. The molecule has 0 N–H and O–H groups in total. The van der Waals surface area contributed by atoms with Gasteiger partial charge in [0.2, 0.25) is 0 Å². The fourth-order valence-corrected chi connectivity index (χ4v) is 4.23. The average Bonchev–Trinajstić information content (AvgIpc) is 2.86. The van der Waals surface area contributed by atoms with Crippen molar-refractivity contribution >= 4 is 5.91 Å². The van der Waals surface area contributed by atoms with Gasteiger partial charge in [-0.1, -0.05) is 18.2 Å². The lowest BCUT2D eigenvalue weighted by Crippen LogP contribution is -2.40. The number of amides is 1. The normalized spacial score (nSPS) is 15.0. The van der Waals surface area contributed by atoms with Crippen LogP contribution in [-0.4, -0.2) is 45.8 Å². The minimum absolute atomic E-state index is 0.0508. The summed E-state index contributed by atoms with van der Waals surface area (Å²) in [5.74, 6) is 2.70. The smallest absolute Gasteiger partial charge is 0.254 e. The zero-order chi connectivity index (χ0) is 22.7. The molecule has 3 aromatic rings. The van der Waals surface area contributed by atoms with E-state index >= 15 is 0 Å². The predicted molar refractivity (Wildman–Crippen MR) is 122 cm³/mol. The molecule has 0 bridgehead atoms. The summed E-state index contributed by atoms with van der Waals surface area (Å²) in [5.41, 5.74) is 3.75. The third-order valence-electron chi connectivity index (χ3n) is 5.88. The first-order chi connectivity index (χ1) is 15.6. The van der Waals surface area contributed by atoms with E-state index in [4.69, 9.17) is 18.9 Å². The molecule has 4 rings (SSSR count). The van der Waals surface area contributed by atoms with Gasteiger partial charge in [-0.05, 0) is 65.6 Å². The Morgan fingerprint density at radius 3 is 2.16 bits per heavy atom. The first-order valence-corrected chi connectivity index (χ1v) is 10.4. The molecule has 0 fully saturated rings. The molecule has 0 radical (unpaired) electrons. The summed E-state index contributed by atoms with van der Waals surface area (Å²) in [6, 6.07) is 18.8. The summed E-state index contributed by atoms with van der Waals surface area (Å²) in [5, 5.41) is 0. The molecule has 0 aliphatic carbocycles. The Labute approximate surface area is 188 Å². The second-order valence-electron chi connectivity index (χ2n) is 7.56. The van der Waals surface area contributed by atoms with Crippen molar-refractivity contribution in [2.24, 2.45) is 0 Å². The van der Waals surface area contributed by atoms with Crippen molar-refractivity contribution in [3.8, 4) is 23.0 Å². The molecule has 0 aromatic heterocycles. The van der Waals surface area contributed by atoms with E-state index in [1.807, 2.05) is 59.5 Å². The third-order valence-corrected chi connectivity index (χ3v) is 5.88. The summed E-state index contributed by atoms with van der Waals surface area (Å²) in [4.78, 5) is 15.6. The second kappa shape index (κ2) is 9.22. The number of carbonyl (C=O) groups is 1. The highest BCUT2D eigenvalue weighted by atomic mass is 16.5. The molecule has 1 amide bonds. The quantitative estimate of drug-likeness (QED) is 0.573. The SMILES string of the molecule is COc1ccc([C@H]2c3cc(OC)c(OC)cc3CCN2C(=O)c2cccc(OC)c2)cc1. The summed E-state index contributed by atoms with van der Waals surface area (Å²) in [6.07, 6.45) is 0.720. The molecular formula is C26H27NO5. The molecule has 0 saturated carbocycles. The molecule has 6 heteroatoms. The third kappa shape index (κ3) is 3.96. The van der Waals surface area contributed by atoms with Crippen molar-refractivity contribution in [2.45, 2.75) is 12.5 Å². The highest BCUT2D eigenvalue weighted by Gasteiger charge is 2.34. The summed E-state index contributed by atoms with van der Waals surface area (Å²) in [7, 11) is 6.49. The lowest BCUT2D eigenvalue weighted by molar-refractivity contribution is 0.0694. The van der Waals surface area contributed by atoms with Gasteiger partial charge in [0.1, 0.15) is 11.5 Å². The number of nitrogens with zero attached hydrogens (tertiary/aromatic N) is 1. The largest absolute Gasteiger partial charge is 0.497 e. The van der Waals surface area contributed by atoms with E-state index in [1.165, 1.54) is 0 Å². The van der Waals surface area contributed by atoms with Gasteiger partial charge in [0.15, 0.2) is 11.5 Å². The Morgan fingerprint density at radius 1 is 0.812 bits per heavy atom. The van der Waals surface area contributed by atoms with Crippen LogP contribution in [0.15, 0.2) is 60.7 Å². The summed E-state index contributed by atoms with van der Waals surface area (Å²) in [6.45, 7) is 0.579. The summed E-state index contributed by atoms with van der Waals surface area (Å²) < 4.78 is 21.7. The molecule has 3 aromatic carbocycles. The molecule has 0 unspecified atom stereocenters. The Morgan fingerprint density at radius 2 is 1.50 bits per heavy atom. The van der Waals surface area contributed by atoms with E-state index in [0.29, 0.717) is 29.4 Å². The fraction of sp³-hybridized carbons (Fsp3) is 0.269. The van der Waals surface area contributed by atoms with Crippen LogP contribution in [0.3, 0.4) is 0 Å². The lowest BCUT2D eigenvalue weighted by Gasteiger charge is -2.38. The van der Waals surface area contributed by atoms with Gasteiger partial charge < -0.3 is 23.8 Å². The first-order valence-electron chi connectivity index (χ1n) is 10.4. The number of hydrogen-bond acceptors (Lipinski definition) is 5. The monoisotopic (exact) mass is 433 g/mol. The maximum absolute atomic E-state index is 13.7. The number of methoxy groups -OCH3 is 4. The van der Waals surface area contributed by atoms with Crippen LogP contribution in [-0.2, 0) is 6.42 Å². The topological polar surface area (TPSA) is 57.2 Å². The molecule has 166 valence electrons. The Hall–Kier alpha value is -3.67. The highest BCUT2D eigenvalue weighted by molar-refractivity contribution is 5.95. The Balaban J connectivity index is 1.83. The van der Waals surface area contributed by atoms with Crippen LogP contribution in [0, 0.1) is 0 Å². The van der Waals surface area contributed by atoms with Crippen LogP contribution in [0.4, 0.5) is 0 Å². The summed E-state index contributed by atoms with van der Waals surface area (Å²) >= 11 is 0. The molecule has 0 saturated heterocycles. The van der Waals surface area contributed by atoms with Gasteiger partial charge in [-0.15, -0.1) is 0 Å². The molecular weight excluding hydrogens is 406 g/mol. The molecule has 1 heterocycles. The van der Waals surface area contributed by atoms with Crippen LogP contribution in [0.2, 0.25) is 0 Å². The van der Waals surface area contributed by atoms with E-state index < -0.39 is 0 Å². The van der Waals surface area contributed by atoms with E-state index in [0.717, 1.165) is 28.9 Å². The van der Waals surface area contributed by atoms with Crippen molar-refractivity contribution in [1.82, 2.24) is 4.90 Å². The minimum atomic E-state index is -0.275. The molecule has 32 heavy (non-hydrogen) atoms. The number of benzene rings is 3. The number of carbonyl (C=O) groups excluding carboxylic acids is 1. The van der Waals surface area contributed by atoms with Crippen LogP contribution in [0.25, 0.3) is 0 Å². The van der Waals surface area contributed by atoms with E-state index in [2.05, 4.69) is 0 Å². The standard InChI is InChI=1S/C26H27NO5/c1-29-20-10-8-17(9-11-20)25-22-16-24(32-4)23(31-3)15-18(22)12-13-27(25)26(28)19-6-5-7-21(14-19)30-2/h5-11,14-16,25H,12-13H2,1-4H3/t25-/m0/s1. The minimum Gasteiger partial charge on any atom is -0.497 e. The van der Waals surface area contributed by atoms with Gasteiger partial charge in [-0.3, -0.25) is 4.79 Å². The van der Waals surface area contributed by atoms with E-state index in [1.54, 1.807) is 34.5 Å². The van der Waals surface area contributed by atoms with Crippen LogP contribution in [0.1, 0.15) is 33.1 Å². The Kier molecular flexibility index (Phi) is 6.21. The molecule has 6 nitrogen and oxygen atoms in total. The van der Waals surface area contributed by atoms with Crippen molar-refractivity contribution in [2.75, 3.05) is 35.0 Å². The average molecular weight is 434 g/mol. The maximum Gasteiger partial charge on any atom is 0.254 e. The van der Waals surface area contributed by atoms with Gasteiger partial charge in [0, 0.05) is 12.1 Å². The van der Waals surface area contributed by atoms with Gasteiger partial charge in [-0.2, -0.15) is 0 Å². The van der Waals surface area contributed by atoms with E-state index in [9.17, 15) is 4.79 Å². The molecule has 1 aliphatic rings. The van der Waals surface area contributed by atoms with Gasteiger partial charge in [0.05, 0.1) is 34.5 Å². The zero-order valence-electron chi connectivity index (χ0n) is 18.8. The van der Waals surface area contributed by atoms with Crippen molar-refractivity contribution < 1.29 is 23.7 Å². The first kappa shape index (κ1) is 21.6. The predicted octanol–water partition coefficient (Wildman–Crippen LogP) is 4.51. The van der Waals surface area contributed by atoms with Crippen LogP contribution in [0.5, 0.6) is 23.0 Å². The number of ether oxygens (including phenoxy) is 4. The number of hydrogen-bond donors (Lipinski definition) is 0. The molecule has 1 aliphatic heterocycles. The van der Waals surface area contributed by atoms with Crippen LogP contribution < -0.4 is 18.9 Å². The van der Waals surface area contributed by atoms with Crippen molar-refractivity contribution in [1.29, 1.82) is 0 Å². The van der Waals surface area contributed by atoms with Gasteiger partial charge in [0.25, 0.3) is 5.91 Å². The number of rotatable bonds is 6. The molecule has 0 spiro atoms. The van der Waals surface area contributed by atoms with Crippen molar-refractivity contribution in [3.63, 3.8) is 0 Å². The maximum atomic E-state index is 13.7. The molecule has 1 atom stereocenters. The van der Waals surface area contributed by atoms with Gasteiger partial charge in [-0.25, -0.2) is 0 Å². The van der Waals surface area contributed by atoms with Crippen molar-refractivity contribution in [3.05, 3.63) is 82.9 Å². The van der Waals surface area contributed by atoms with Crippen LogP contribution >= 0.6 is 0 Å².